The standard InChI is InChI=1S/C17H24N2O2/c1-12-7-6-10-15(11-12)19-16(20)13(2)18-17(21)14-8-4-3-5-9-14/h6-7,10-11,13-14H,3-5,8-9H2,1-2H3,(H,18,21)(H,19,20)/t13-/m1/s1. The number of carbonyl (C=O) groups is 2. The van der Waals surface area contributed by atoms with E-state index in [1.54, 1.807) is 6.92 Å². The highest BCUT2D eigenvalue weighted by molar-refractivity contribution is 5.97. The van der Waals surface area contributed by atoms with Crippen LogP contribution < -0.4 is 10.6 Å². The van der Waals surface area contributed by atoms with Crippen LogP contribution in [0.3, 0.4) is 0 Å². The van der Waals surface area contributed by atoms with Gasteiger partial charge < -0.3 is 10.6 Å². The molecule has 1 saturated carbocycles. The van der Waals surface area contributed by atoms with E-state index in [9.17, 15) is 9.59 Å². The Kier molecular flexibility index (Phi) is 5.37. The summed E-state index contributed by atoms with van der Waals surface area (Å²) < 4.78 is 0. The van der Waals surface area contributed by atoms with Crippen molar-refractivity contribution in [1.29, 1.82) is 0 Å². The number of hydrogen-bond acceptors (Lipinski definition) is 2. The zero-order valence-electron chi connectivity index (χ0n) is 12.8. The third-order valence-corrected chi connectivity index (χ3v) is 4.01. The van der Waals surface area contributed by atoms with Crippen LogP contribution in [0.15, 0.2) is 24.3 Å². The van der Waals surface area contributed by atoms with Gasteiger partial charge in [0.25, 0.3) is 0 Å². The highest BCUT2D eigenvalue weighted by atomic mass is 16.2. The van der Waals surface area contributed by atoms with Crippen LogP contribution in [-0.4, -0.2) is 17.9 Å². The number of amides is 2. The minimum Gasteiger partial charge on any atom is -0.344 e. The maximum absolute atomic E-state index is 12.1. The van der Waals surface area contributed by atoms with Gasteiger partial charge in [-0.05, 0) is 44.4 Å². The molecule has 0 aliphatic heterocycles. The summed E-state index contributed by atoms with van der Waals surface area (Å²) in [6.07, 6.45) is 5.33. The average molecular weight is 288 g/mol. The first-order chi connectivity index (χ1) is 10.1. The number of hydrogen-bond donors (Lipinski definition) is 2. The summed E-state index contributed by atoms with van der Waals surface area (Å²) in [5.41, 5.74) is 1.85. The van der Waals surface area contributed by atoms with Crippen molar-refractivity contribution in [3.05, 3.63) is 29.8 Å². The second-order valence-corrected chi connectivity index (χ2v) is 5.92. The Morgan fingerprint density at radius 3 is 2.57 bits per heavy atom. The molecule has 1 aromatic rings. The van der Waals surface area contributed by atoms with Crippen LogP contribution in [0, 0.1) is 12.8 Å². The smallest absolute Gasteiger partial charge is 0.246 e. The van der Waals surface area contributed by atoms with Crippen LogP contribution in [0.4, 0.5) is 5.69 Å². The van der Waals surface area contributed by atoms with Gasteiger partial charge in [0.1, 0.15) is 6.04 Å². The predicted molar refractivity (Wildman–Crippen MR) is 84.0 cm³/mol. The quantitative estimate of drug-likeness (QED) is 0.894. The third-order valence-electron chi connectivity index (χ3n) is 4.01. The molecule has 2 amide bonds. The van der Waals surface area contributed by atoms with E-state index in [0.717, 1.165) is 36.9 Å². The molecule has 1 atom stereocenters. The normalized spacial score (nSPS) is 17.0. The van der Waals surface area contributed by atoms with Gasteiger partial charge in [-0.1, -0.05) is 31.4 Å². The molecule has 1 aliphatic rings. The molecule has 0 radical (unpaired) electrons. The molecule has 4 heteroatoms. The van der Waals surface area contributed by atoms with Crippen LogP contribution in [-0.2, 0) is 9.59 Å². The highest BCUT2D eigenvalue weighted by Gasteiger charge is 2.24. The Labute approximate surface area is 126 Å². The highest BCUT2D eigenvalue weighted by Crippen LogP contribution is 2.23. The van der Waals surface area contributed by atoms with Crippen molar-refractivity contribution >= 4 is 17.5 Å². The summed E-state index contributed by atoms with van der Waals surface area (Å²) in [4.78, 5) is 24.2. The molecular weight excluding hydrogens is 264 g/mol. The van der Waals surface area contributed by atoms with Gasteiger partial charge in [-0.15, -0.1) is 0 Å². The molecular formula is C17H24N2O2. The first-order valence-corrected chi connectivity index (χ1v) is 7.74. The minimum absolute atomic E-state index is 0.0154. The lowest BCUT2D eigenvalue weighted by Gasteiger charge is -2.23. The van der Waals surface area contributed by atoms with E-state index in [2.05, 4.69) is 10.6 Å². The maximum Gasteiger partial charge on any atom is 0.246 e. The zero-order valence-corrected chi connectivity index (χ0v) is 12.8. The number of aryl methyl sites for hydroxylation is 1. The molecule has 21 heavy (non-hydrogen) atoms. The monoisotopic (exact) mass is 288 g/mol. The van der Waals surface area contributed by atoms with Crippen LogP contribution in [0.5, 0.6) is 0 Å². The third kappa shape index (κ3) is 4.59. The lowest BCUT2D eigenvalue weighted by molar-refractivity contribution is -0.129. The van der Waals surface area contributed by atoms with Crippen molar-refractivity contribution in [2.75, 3.05) is 5.32 Å². The number of rotatable bonds is 4. The Bertz CT molecular complexity index is 507. The van der Waals surface area contributed by atoms with Gasteiger partial charge in [-0.25, -0.2) is 0 Å². The van der Waals surface area contributed by atoms with E-state index in [0.29, 0.717) is 0 Å². The molecule has 0 aromatic heterocycles. The van der Waals surface area contributed by atoms with Gasteiger partial charge in [0.05, 0.1) is 0 Å². The van der Waals surface area contributed by atoms with Gasteiger partial charge >= 0.3 is 0 Å². The Morgan fingerprint density at radius 1 is 1.19 bits per heavy atom. The fourth-order valence-electron chi connectivity index (χ4n) is 2.73. The van der Waals surface area contributed by atoms with Gasteiger partial charge in [0.15, 0.2) is 0 Å². The Morgan fingerprint density at radius 2 is 1.90 bits per heavy atom. The molecule has 1 fully saturated rings. The molecule has 0 heterocycles. The molecule has 1 aromatic carbocycles. The second kappa shape index (κ2) is 7.25. The van der Waals surface area contributed by atoms with Crippen molar-refractivity contribution < 1.29 is 9.59 Å². The van der Waals surface area contributed by atoms with Crippen LogP contribution >= 0.6 is 0 Å². The molecule has 2 rings (SSSR count). The maximum atomic E-state index is 12.1. The molecule has 2 N–H and O–H groups in total. The van der Waals surface area contributed by atoms with Crippen LogP contribution in [0.1, 0.15) is 44.6 Å². The van der Waals surface area contributed by atoms with Gasteiger partial charge in [0.2, 0.25) is 11.8 Å². The summed E-state index contributed by atoms with van der Waals surface area (Å²) >= 11 is 0. The van der Waals surface area contributed by atoms with Crippen molar-refractivity contribution in [2.45, 2.75) is 52.0 Å². The van der Waals surface area contributed by atoms with E-state index in [-0.39, 0.29) is 17.7 Å². The van der Waals surface area contributed by atoms with Gasteiger partial charge in [-0.3, -0.25) is 9.59 Å². The van der Waals surface area contributed by atoms with E-state index in [1.165, 1.54) is 6.42 Å². The molecule has 0 unspecified atom stereocenters. The number of benzene rings is 1. The first-order valence-electron chi connectivity index (χ1n) is 7.74. The van der Waals surface area contributed by atoms with Crippen LogP contribution in [0.2, 0.25) is 0 Å². The van der Waals surface area contributed by atoms with Crippen molar-refractivity contribution in [3.63, 3.8) is 0 Å². The molecule has 114 valence electrons. The molecule has 0 bridgehead atoms. The molecule has 4 nitrogen and oxygen atoms in total. The second-order valence-electron chi connectivity index (χ2n) is 5.92. The lowest BCUT2D eigenvalue weighted by atomic mass is 9.88. The van der Waals surface area contributed by atoms with Crippen molar-refractivity contribution in [2.24, 2.45) is 5.92 Å². The van der Waals surface area contributed by atoms with Gasteiger partial charge in [0, 0.05) is 11.6 Å². The van der Waals surface area contributed by atoms with Crippen molar-refractivity contribution in [3.8, 4) is 0 Å². The Hall–Kier alpha value is -1.84. The number of carbonyl (C=O) groups excluding carboxylic acids is 2. The lowest BCUT2D eigenvalue weighted by Crippen LogP contribution is -2.44. The van der Waals surface area contributed by atoms with Crippen LogP contribution in [0.25, 0.3) is 0 Å². The first kappa shape index (κ1) is 15.5. The largest absolute Gasteiger partial charge is 0.344 e. The van der Waals surface area contributed by atoms with E-state index in [4.69, 9.17) is 0 Å². The van der Waals surface area contributed by atoms with Gasteiger partial charge in [-0.2, -0.15) is 0 Å². The summed E-state index contributed by atoms with van der Waals surface area (Å²) in [5, 5.41) is 5.67. The SMILES string of the molecule is Cc1cccc(NC(=O)[C@@H](C)NC(=O)C2CCCCC2)c1. The van der Waals surface area contributed by atoms with E-state index in [1.807, 2.05) is 31.2 Å². The fourth-order valence-corrected chi connectivity index (χ4v) is 2.73. The predicted octanol–water partition coefficient (Wildman–Crippen LogP) is 3.02. The molecule has 1 aliphatic carbocycles. The van der Waals surface area contributed by atoms with E-state index >= 15 is 0 Å². The molecule has 0 spiro atoms. The fraction of sp³-hybridized carbons (Fsp3) is 0.529. The number of nitrogens with one attached hydrogen (secondary N) is 2. The molecule has 0 saturated heterocycles. The number of anilines is 1. The Balaban J connectivity index is 1.85. The van der Waals surface area contributed by atoms with E-state index < -0.39 is 6.04 Å². The summed E-state index contributed by atoms with van der Waals surface area (Å²) in [6, 6.07) is 7.12. The summed E-state index contributed by atoms with van der Waals surface area (Å²) in [7, 11) is 0. The topological polar surface area (TPSA) is 58.2 Å². The summed E-state index contributed by atoms with van der Waals surface area (Å²) in [6.45, 7) is 3.70. The zero-order chi connectivity index (χ0) is 15.2. The minimum atomic E-state index is -0.514. The van der Waals surface area contributed by atoms with Crippen molar-refractivity contribution in [1.82, 2.24) is 5.32 Å². The summed E-state index contributed by atoms with van der Waals surface area (Å²) in [5.74, 6) is -0.0840. The average Bonchev–Trinajstić information content (AvgIpc) is 2.48.